The highest BCUT2D eigenvalue weighted by Gasteiger charge is 2.40. The lowest BCUT2D eigenvalue weighted by molar-refractivity contribution is -0.148. The summed E-state index contributed by atoms with van der Waals surface area (Å²) < 4.78 is 82.2. The Bertz CT molecular complexity index is 1210. The van der Waals surface area contributed by atoms with Crippen molar-refractivity contribution >= 4 is 5.91 Å². The van der Waals surface area contributed by atoms with Gasteiger partial charge >= 0.3 is 6.18 Å². The van der Waals surface area contributed by atoms with Crippen molar-refractivity contribution in [1.29, 1.82) is 0 Å². The Labute approximate surface area is 190 Å². The number of hydrogen-bond donors (Lipinski definition) is 1. The molecule has 0 radical (unpaired) electrons. The topological polar surface area (TPSA) is 64.2 Å². The Hall–Kier alpha value is -3.34. The third-order valence-electron chi connectivity index (χ3n) is 5.67. The van der Waals surface area contributed by atoms with Crippen molar-refractivity contribution in [2.45, 2.75) is 38.1 Å². The first-order chi connectivity index (χ1) is 16.0. The zero-order valence-electron chi connectivity index (χ0n) is 17.7. The predicted molar refractivity (Wildman–Crippen MR) is 111 cm³/mol. The van der Waals surface area contributed by atoms with Crippen LogP contribution in [-0.2, 0) is 30.5 Å². The molecule has 2 N–H and O–H groups in total. The molecule has 0 spiro atoms. The van der Waals surface area contributed by atoms with Crippen LogP contribution in [0.25, 0.3) is 11.3 Å². The number of halogens is 6. The molecule has 11 heteroatoms. The standard InChI is InChI=1S/C23H20F6N4O/c24-16-11-18(26)17(25)9-14(16)8-15(30)10-20(34)32-6-7-33-19(12-32)21(13-4-2-1-3-5-13)31-22(33)23(27,28)29/h1-5,9,11,15H,6-8,10,12,30H2. The number of nitrogens with two attached hydrogens (primary N) is 1. The van der Waals surface area contributed by atoms with E-state index in [0.29, 0.717) is 17.7 Å². The summed E-state index contributed by atoms with van der Waals surface area (Å²) in [6, 6.07) is 8.55. The summed E-state index contributed by atoms with van der Waals surface area (Å²) in [5, 5.41) is 0. The molecular weight excluding hydrogens is 462 g/mol. The van der Waals surface area contributed by atoms with E-state index in [1.54, 1.807) is 30.3 Å². The Morgan fingerprint density at radius 2 is 1.71 bits per heavy atom. The van der Waals surface area contributed by atoms with Gasteiger partial charge in [0.15, 0.2) is 11.6 Å². The van der Waals surface area contributed by atoms with Gasteiger partial charge in [-0.05, 0) is 18.1 Å². The van der Waals surface area contributed by atoms with Crippen molar-refractivity contribution < 1.29 is 31.1 Å². The molecule has 0 aliphatic carbocycles. The first kappa shape index (κ1) is 23.8. The van der Waals surface area contributed by atoms with Crippen molar-refractivity contribution in [3.05, 3.63) is 77.0 Å². The van der Waals surface area contributed by atoms with Gasteiger partial charge in [-0.15, -0.1) is 0 Å². The molecule has 1 amide bonds. The highest BCUT2D eigenvalue weighted by Crippen LogP contribution is 2.36. The van der Waals surface area contributed by atoms with Gasteiger partial charge in [0, 0.05) is 37.2 Å². The van der Waals surface area contributed by atoms with Crippen LogP contribution in [0.1, 0.15) is 23.5 Å². The molecule has 180 valence electrons. The number of carbonyl (C=O) groups is 1. The van der Waals surface area contributed by atoms with Gasteiger partial charge in [0.25, 0.3) is 0 Å². The lowest BCUT2D eigenvalue weighted by Gasteiger charge is -2.30. The highest BCUT2D eigenvalue weighted by atomic mass is 19.4. The maximum Gasteiger partial charge on any atom is 0.449 e. The van der Waals surface area contributed by atoms with E-state index in [0.717, 1.165) is 4.57 Å². The zero-order chi connectivity index (χ0) is 24.6. The van der Waals surface area contributed by atoms with Gasteiger partial charge < -0.3 is 15.2 Å². The SMILES string of the molecule is NC(CC(=O)N1CCn2c(C(F)(F)F)nc(-c3ccccc3)c2C1)Cc1cc(F)c(F)cc1F. The van der Waals surface area contributed by atoms with E-state index >= 15 is 0 Å². The molecule has 0 fully saturated rings. The summed E-state index contributed by atoms with van der Waals surface area (Å²) in [7, 11) is 0. The Morgan fingerprint density at radius 1 is 1.03 bits per heavy atom. The fourth-order valence-electron chi connectivity index (χ4n) is 4.05. The minimum Gasteiger partial charge on any atom is -0.335 e. The van der Waals surface area contributed by atoms with Crippen LogP contribution < -0.4 is 5.73 Å². The van der Waals surface area contributed by atoms with Crippen LogP contribution in [0.2, 0.25) is 0 Å². The molecule has 1 aliphatic rings. The molecule has 1 aromatic heterocycles. The molecule has 0 saturated carbocycles. The number of hydrogen-bond acceptors (Lipinski definition) is 3. The summed E-state index contributed by atoms with van der Waals surface area (Å²) in [5.41, 5.74) is 6.65. The number of benzene rings is 2. The van der Waals surface area contributed by atoms with Crippen LogP contribution in [0, 0.1) is 17.5 Å². The number of carbonyl (C=O) groups excluding carboxylic acids is 1. The van der Waals surface area contributed by atoms with E-state index in [9.17, 15) is 31.1 Å². The van der Waals surface area contributed by atoms with Crippen molar-refractivity contribution in [3.63, 3.8) is 0 Å². The van der Waals surface area contributed by atoms with E-state index in [2.05, 4.69) is 4.98 Å². The second-order valence-corrected chi connectivity index (χ2v) is 8.09. The smallest absolute Gasteiger partial charge is 0.335 e. The highest BCUT2D eigenvalue weighted by molar-refractivity contribution is 5.77. The van der Waals surface area contributed by atoms with Crippen LogP contribution in [0.4, 0.5) is 26.3 Å². The zero-order valence-corrected chi connectivity index (χ0v) is 17.7. The maximum absolute atomic E-state index is 13.9. The monoisotopic (exact) mass is 482 g/mol. The molecule has 1 atom stereocenters. The average molecular weight is 482 g/mol. The first-order valence-corrected chi connectivity index (χ1v) is 10.4. The molecule has 3 aromatic rings. The average Bonchev–Trinajstić information content (AvgIpc) is 3.17. The number of nitrogens with zero attached hydrogens (tertiary/aromatic N) is 3. The number of alkyl halides is 3. The lowest BCUT2D eigenvalue weighted by Crippen LogP contribution is -2.42. The minimum absolute atomic E-state index is 0.00571. The predicted octanol–water partition coefficient (Wildman–Crippen LogP) is 4.29. The van der Waals surface area contributed by atoms with E-state index in [1.807, 2.05) is 0 Å². The molecule has 34 heavy (non-hydrogen) atoms. The molecule has 4 rings (SSSR count). The lowest BCUT2D eigenvalue weighted by atomic mass is 10.0. The van der Waals surface area contributed by atoms with Crippen molar-refractivity contribution in [3.8, 4) is 11.3 Å². The van der Waals surface area contributed by atoms with Gasteiger partial charge in [0.1, 0.15) is 5.82 Å². The van der Waals surface area contributed by atoms with Crippen molar-refractivity contribution in [2.24, 2.45) is 5.73 Å². The van der Waals surface area contributed by atoms with E-state index in [1.165, 1.54) is 4.90 Å². The maximum atomic E-state index is 13.9. The van der Waals surface area contributed by atoms with Gasteiger partial charge in [-0.25, -0.2) is 18.2 Å². The molecule has 1 aliphatic heterocycles. The van der Waals surface area contributed by atoms with Crippen LogP contribution in [-0.4, -0.2) is 32.9 Å². The largest absolute Gasteiger partial charge is 0.449 e. The Balaban J connectivity index is 1.53. The molecule has 5 nitrogen and oxygen atoms in total. The second-order valence-electron chi connectivity index (χ2n) is 8.09. The molecule has 0 bridgehead atoms. The van der Waals surface area contributed by atoms with Crippen LogP contribution in [0.15, 0.2) is 42.5 Å². The van der Waals surface area contributed by atoms with Crippen LogP contribution >= 0.6 is 0 Å². The summed E-state index contributed by atoms with van der Waals surface area (Å²) in [6.45, 7) is -0.215. The second kappa shape index (κ2) is 9.13. The molecular formula is C23H20F6N4O. The normalized spacial score (nSPS) is 14.7. The summed E-state index contributed by atoms with van der Waals surface area (Å²) >= 11 is 0. The Kier molecular flexibility index (Phi) is 6.39. The molecule has 0 saturated heterocycles. The molecule has 1 unspecified atom stereocenters. The number of imidazole rings is 1. The van der Waals surface area contributed by atoms with E-state index in [-0.39, 0.29) is 49.4 Å². The molecule has 2 heterocycles. The summed E-state index contributed by atoms with van der Waals surface area (Å²) in [6.07, 6.45) is -5.13. The minimum atomic E-state index is -4.66. The van der Waals surface area contributed by atoms with Crippen molar-refractivity contribution in [2.75, 3.05) is 6.54 Å². The van der Waals surface area contributed by atoms with Crippen molar-refractivity contribution in [1.82, 2.24) is 14.5 Å². The quantitative estimate of drug-likeness (QED) is 0.436. The van der Waals surface area contributed by atoms with Gasteiger partial charge in [-0.3, -0.25) is 4.79 Å². The summed E-state index contributed by atoms with van der Waals surface area (Å²) in [4.78, 5) is 18.0. The third-order valence-corrected chi connectivity index (χ3v) is 5.67. The fraction of sp³-hybridized carbons (Fsp3) is 0.304. The Morgan fingerprint density at radius 3 is 2.38 bits per heavy atom. The molecule has 2 aromatic carbocycles. The van der Waals surface area contributed by atoms with Gasteiger partial charge in [-0.2, -0.15) is 13.2 Å². The number of rotatable bonds is 5. The summed E-state index contributed by atoms with van der Waals surface area (Å²) in [5.74, 6) is -5.01. The van der Waals surface area contributed by atoms with E-state index < -0.39 is 41.4 Å². The first-order valence-electron chi connectivity index (χ1n) is 10.4. The number of fused-ring (bicyclic) bond motifs is 1. The van der Waals surface area contributed by atoms with Crippen LogP contribution in [0.5, 0.6) is 0 Å². The van der Waals surface area contributed by atoms with Gasteiger partial charge in [-0.1, -0.05) is 30.3 Å². The van der Waals surface area contributed by atoms with E-state index in [4.69, 9.17) is 5.73 Å². The van der Waals surface area contributed by atoms with Gasteiger partial charge in [0.2, 0.25) is 11.7 Å². The number of amides is 1. The van der Waals surface area contributed by atoms with Crippen LogP contribution in [0.3, 0.4) is 0 Å². The van der Waals surface area contributed by atoms with Gasteiger partial charge in [0.05, 0.1) is 17.9 Å². The third kappa shape index (κ3) is 4.79. The fourth-order valence-corrected chi connectivity index (χ4v) is 4.05. The number of aromatic nitrogens is 2.